The Morgan fingerprint density at radius 3 is 2.52 bits per heavy atom. The van der Waals surface area contributed by atoms with E-state index in [0.29, 0.717) is 29.9 Å². The van der Waals surface area contributed by atoms with Crippen molar-refractivity contribution in [1.29, 1.82) is 5.26 Å². The van der Waals surface area contributed by atoms with Crippen LogP contribution >= 0.6 is 12.4 Å². The van der Waals surface area contributed by atoms with Gasteiger partial charge in [-0.25, -0.2) is 0 Å². The summed E-state index contributed by atoms with van der Waals surface area (Å²) in [5, 5.41) is 8.85. The molecule has 0 radical (unpaired) electrons. The van der Waals surface area contributed by atoms with Crippen molar-refractivity contribution in [3.63, 3.8) is 0 Å². The number of halogens is 4. The number of rotatable bonds is 3. The van der Waals surface area contributed by atoms with Crippen molar-refractivity contribution in [2.75, 3.05) is 11.4 Å². The third-order valence-electron chi connectivity index (χ3n) is 4.05. The summed E-state index contributed by atoms with van der Waals surface area (Å²) in [4.78, 5) is 6.05. The molecule has 1 aliphatic rings. The molecule has 0 aromatic heterocycles. The minimum Gasteiger partial charge on any atom is -0.459 e. The summed E-state index contributed by atoms with van der Waals surface area (Å²) >= 11 is 0. The number of benzene rings is 2. The van der Waals surface area contributed by atoms with Gasteiger partial charge in [-0.2, -0.15) is 23.4 Å². The number of amidine groups is 1. The molecule has 142 valence electrons. The van der Waals surface area contributed by atoms with Gasteiger partial charge in [-0.15, -0.1) is 12.4 Å². The number of aliphatic imine (C=N–C) groups is 1. The quantitative estimate of drug-likeness (QED) is 0.708. The number of hydrogen-bond acceptors (Lipinski definition) is 3. The lowest BCUT2D eigenvalue weighted by atomic mass is 10.1. The Kier molecular flexibility index (Phi) is 6.34. The lowest BCUT2D eigenvalue weighted by Gasteiger charge is -2.17. The first-order valence-corrected chi connectivity index (χ1v) is 8.11. The van der Waals surface area contributed by atoms with Crippen molar-refractivity contribution in [3.05, 3.63) is 59.7 Å². The molecule has 1 fully saturated rings. The van der Waals surface area contributed by atoms with E-state index in [1.54, 1.807) is 35.2 Å². The number of nitrogens with zero attached hydrogens (tertiary/aromatic N) is 3. The highest BCUT2D eigenvalue weighted by molar-refractivity contribution is 5.95. The van der Waals surface area contributed by atoms with Gasteiger partial charge in [-0.1, -0.05) is 13.0 Å². The Bertz CT molecular complexity index is 860. The molecule has 8 heteroatoms. The van der Waals surface area contributed by atoms with Crippen molar-refractivity contribution >= 4 is 29.8 Å². The van der Waals surface area contributed by atoms with E-state index in [1.807, 2.05) is 13.0 Å². The molecular weight excluding hydrogens is 379 g/mol. The van der Waals surface area contributed by atoms with E-state index in [2.05, 4.69) is 4.99 Å². The summed E-state index contributed by atoms with van der Waals surface area (Å²) in [6.07, 6.45) is -3.85. The van der Waals surface area contributed by atoms with Gasteiger partial charge in [-0.3, -0.25) is 4.90 Å². The molecule has 1 atom stereocenters. The molecule has 4 nitrogen and oxygen atoms in total. The van der Waals surface area contributed by atoms with Gasteiger partial charge >= 0.3 is 6.18 Å². The molecule has 0 aliphatic carbocycles. The van der Waals surface area contributed by atoms with Gasteiger partial charge in [0.1, 0.15) is 6.10 Å². The highest BCUT2D eigenvalue weighted by Gasteiger charge is 2.34. The minimum atomic E-state index is -4.41. The lowest BCUT2D eigenvalue weighted by Crippen LogP contribution is -2.26. The summed E-state index contributed by atoms with van der Waals surface area (Å²) in [7, 11) is 0. The predicted octanol–water partition coefficient (Wildman–Crippen LogP) is 5.30. The van der Waals surface area contributed by atoms with E-state index in [1.165, 1.54) is 6.07 Å². The number of anilines is 1. The molecule has 27 heavy (non-hydrogen) atoms. The van der Waals surface area contributed by atoms with Crippen LogP contribution in [0.5, 0.6) is 0 Å². The fraction of sp³-hybridized carbons (Fsp3) is 0.263. The van der Waals surface area contributed by atoms with E-state index in [0.717, 1.165) is 12.1 Å². The maximum absolute atomic E-state index is 13.0. The van der Waals surface area contributed by atoms with Crippen LogP contribution in [0.25, 0.3) is 0 Å². The fourth-order valence-electron chi connectivity index (χ4n) is 2.62. The van der Waals surface area contributed by atoms with Crippen LogP contribution < -0.4 is 4.90 Å². The summed E-state index contributed by atoms with van der Waals surface area (Å²) in [5.74, 6) is 0. The second-order valence-electron chi connectivity index (χ2n) is 5.86. The van der Waals surface area contributed by atoms with Crippen molar-refractivity contribution in [3.8, 4) is 6.07 Å². The van der Waals surface area contributed by atoms with E-state index in [4.69, 9.17) is 10.00 Å². The Balaban J connectivity index is 0.00000261. The Morgan fingerprint density at radius 2 is 1.93 bits per heavy atom. The number of nitriles is 1. The van der Waals surface area contributed by atoms with Crippen LogP contribution in [0.15, 0.2) is 53.5 Å². The first kappa shape index (κ1) is 20.6. The van der Waals surface area contributed by atoms with E-state index >= 15 is 0 Å². The van der Waals surface area contributed by atoms with Crippen LogP contribution in [0.1, 0.15) is 24.5 Å². The highest BCUT2D eigenvalue weighted by Crippen LogP contribution is 2.33. The van der Waals surface area contributed by atoms with Gasteiger partial charge in [-0.05, 0) is 48.9 Å². The highest BCUT2D eigenvalue weighted by atomic mass is 35.5. The van der Waals surface area contributed by atoms with E-state index < -0.39 is 11.7 Å². The molecule has 2 aromatic rings. The lowest BCUT2D eigenvalue weighted by molar-refractivity contribution is -0.137. The molecule has 1 saturated heterocycles. The van der Waals surface area contributed by atoms with Gasteiger partial charge < -0.3 is 4.74 Å². The molecule has 0 spiro atoms. The van der Waals surface area contributed by atoms with Crippen molar-refractivity contribution < 1.29 is 17.9 Å². The molecular formula is C19H17ClF3N3O. The fourth-order valence-corrected chi connectivity index (χ4v) is 2.62. The van der Waals surface area contributed by atoms with Crippen LogP contribution in [0.4, 0.5) is 24.5 Å². The largest absolute Gasteiger partial charge is 0.459 e. The average molecular weight is 396 g/mol. The van der Waals surface area contributed by atoms with Crippen molar-refractivity contribution in [2.24, 2.45) is 4.99 Å². The van der Waals surface area contributed by atoms with Gasteiger partial charge in [0, 0.05) is 5.69 Å². The second kappa shape index (κ2) is 8.31. The number of hydrogen-bond donors (Lipinski definition) is 0. The van der Waals surface area contributed by atoms with Crippen LogP contribution in [0.2, 0.25) is 0 Å². The summed E-state index contributed by atoms with van der Waals surface area (Å²) in [6.45, 7) is 2.37. The zero-order valence-corrected chi connectivity index (χ0v) is 15.2. The van der Waals surface area contributed by atoms with Gasteiger partial charge in [0.05, 0.1) is 29.4 Å². The zero-order valence-electron chi connectivity index (χ0n) is 14.4. The second-order valence-corrected chi connectivity index (χ2v) is 5.86. The molecule has 2 aromatic carbocycles. The summed E-state index contributed by atoms with van der Waals surface area (Å²) in [5.41, 5.74) is 0.728. The van der Waals surface area contributed by atoms with E-state index in [-0.39, 0.29) is 24.5 Å². The van der Waals surface area contributed by atoms with Crippen LogP contribution in [0, 0.1) is 11.3 Å². The third-order valence-corrected chi connectivity index (χ3v) is 4.05. The first-order chi connectivity index (χ1) is 12.4. The number of ether oxygens (including phenoxy) is 1. The molecule has 1 unspecified atom stereocenters. The predicted molar refractivity (Wildman–Crippen MR) is 99.5 cm³/mol. The van der Waals surface area contributed by atoms with Gasteiger partial charge in [0.25, 0.3) is 6.02 Å². The molecule has 3 rings (SSSR count). The normalized spacial score (nSPS) is 18.0. The molecule has 0 amide bonds. The first-order valence-electron chi connectivity index (χ1n) is 8.11. The maximum atomic E-state index is 13.0. The average Bonchev–Trinajstić information content (AvgIpc) is 3.05. The third kappa shape index (κ3) is 4.72. The molecule has 0 N–H and O–H groups in total. The smallest absolute Gasteiger partial charge is 0.416 e. The van der Waals surface area contributed by atoms with Crippen LogP contribution in [-0.2, 0) is 10.9 Å². The molecule has 1 heterocycles. The summed E-state index contributed by atoms with van der Waals surface area (Å²) < 4.78 is 44.8. The van der Waals surface area contributed by atoms with Gasteiger partial charge in [0.2, 0.25) is 0 Å². The molecule has 0 bridgehead atoms. The zero-order chi connectivity index (χ0) is 18.7. The number of alkyl halides is 3. The van der Waals surface area contributed by atoms with Crippen LogP contribution in [-0.4, -0.2) is 18.7 Å². The maximum Gasteiger partial charge on any atom is 0.416 e. The molecule has 1 aliphatic heterocycles. The van der Waals surface area contributed by atoms with Gasteiger partial charge in [0.15, 0.2) is 0 Å². The van der Waals surface area contributed by atoms with Crippen LogP contribution in [0.3, 0.4) is 0 Å². The Morgan fingerprint density at radius 1 is 1.22 bits per heavy atom. The van der Waals surface area contributed by atoms with Crippen molar-refractivity contribution in [2.45, 2.75) is 25.6 Å². The topological polar surface area (TPSA) is 48.6 Å². The monoisotopic (exact) mass is 395 g/mol. The van der Waals surface area contributed by atoms with E-state index in [9.17, 15) is 13.2 Å². The molecule has 0 saturated carbocycles. The minimum absolute atomic E-state index is 0. The Labute approximate surface area is 161 Å². The standard InChI is InChI=1S/C19H16F3N3O.ClH/c1-2-17-12-25(16-5-3-4-14(10-16)19(20,21)22)18(26-17)24-15-8-6-13(11-23)7-9-15;/h3-10,17H,2,12H2,1H3;1H. The Hall–Kier alpha value is -2.72. The SMILES string of the molecule is CCC1CN(c2cccc(C(F)(F)F)c2)C(=Nc2ccc(C#N)cc2)O1.Cl. The van der Waals surface area contributed by atoms with Crippen molar-refractivity contribution in [1.82, 2.24) is 0 Å². The summed E-state index contributed by atoms with van der Waals surface area (Å²) in [6, 6.07) is 14.0.